The first kappa shape index (κ1) is 17.2. The van der Waals surface area contributed by atoms with Crippen LogP contribution in [0.5, 0.6) is 0 Å². The summed E-state index contributed by atoms with van der Waals surface area (Å²) >= 11 is 1.63. The number of nitrogens with zero attached hydrogens (tertiary/aromatic N) is 3. The van der Waals surface area contributed by atoms with E-state index in [1.807, 2.05) is 73.1 Å². The zero-order valence-electron chi connectivity index (χ0n) is 14.8. The van der Waals surface area contributed by atoms with Crippen LogP contribution < -0.4 is 5.32 Å². The molecule has 0 saturated heterocycles. The summed E-state index contributed by atoms with van der Waals surface area (Å²) < 4.78 is 1.80. The number of nitrogens with one attached hydrogen (secondary N) is 1. The third-order valence-corrected chi connectivity index (χ3v) is 5.07. The summed E-state index contributed by atoms with van der Waals surface area (Å²) in [5.74, 6) is 0.320. The molecule has 0 unspecified atom stereocenters. The third-order valence-electron chi connectivity index (χ3n) is 4.17. The molecular weight excluding hydrogens is 356 g/mol. The van der Waals surface area contributed by atoms with E-state index in [0.29, 0.717) is 23.6 Å². The van der Waals surface area contributed by atoms with Crippen molar-refractivity contribution in [1.29, 1.82) is 0 Å². The minimum atomic E-state index is -0.206. The van der Waals surface area contributed by atoms with E-state index in [-0.39, 0.29) is 5.91 Å². The molecule has 3 aromatic heterocycles. The average molecular weight is 374 g/mol. The van der Waals surface area contributed by atoms with Gasteiger partial charge < -0.3 is 5.32 Å². The Morgan fingerprint density at radius 1 is 1.07 bits per heavy atom. The van der Waals surface area contributed by atoms with Gasteiger partial charge in [-0.25, -0.2) is 0 Å². The number of hydrogen-bond donors (Lipinski definition) is 1. The van der Waals surface area contributed by atoms with Crippen LogP contribution in [0.25, 0.3) is 10.6 Å². The van der Waals surface area contributed by atoms with Crippen LogP contribution in [0.3, 0.4) is 0 Å². The summed E-state index contributed by atoms with van der Waals surface area (Å²) in [6.07, 6.45) is 1.85. The maximum atomic E-state index is 12.6. The number of rotatable bonds is 5. The SMILES string of the molecule is Cc1nc(-c2cccs2)ccc1C(=O)Nc1ccn(Cc2ccccc2)n1. The fraction of sp³-hybridized carbons (Fsp3) is 0.0952. The Hall–Kier alpha value is -3.25. The summed E-state index contributed by atoms with van der Waals surface area (Å²) in [7, 11) is 0. The molecule has 5 nitrogen and oxygen atoms in total. The Bertz CT molecular complexity index is 1060. The van der Waals surface area contributed by atoms with Crippen molar-refractivity contribution >= 4 is 23.1 Å². The van der Waals surface area contributed by atoms with Crippen molar-refractivity contribution in [1.82, 2.24) is 14.8 Å². The van der Waals surface area contributed by atoms with Crippen LogP contribution in [0.1, 0.15) is 21.6 Å². The summed E-state index contributed by atoms with van der Waals surface area (Å²) in [6.45, 7) is 2.51. The quantitative estimate of drug-likeness (QED) is 0.555. The zero-order chi connectivity index (χ0) is 18.6. The molecule has 134 valence electrons. The maximum Gasteiger partial charge on any atom is 0.258 e. The minimum Gasteiger partial charge on any atom is -0.305 e. The summed E-state index contributed by atoms with van der Waals surface area (Å²) in [5.41, 5.74) is 3.28. The van der Waals surface area contributed by atoms with Crippen molar-refractivity contribution in [2.24, 2.45) is 0 Å². The Labute approximate surface area is 161 Å². The topological polar surface area (TPSA) is 59.8 Å². The predicted molar refractivity (Wildman–Crippen MR) is 108 cm³/mol. The second-order valence-corrected chi connectivity index (χ2v) is 7.09. The lowest BCUT2D eigenvalue weighted by atomic mass is 10.1. The van der Waals surface area contributed by atoms with E-state index >= 15 is 0 Å². The minimum absolute atomic E-state index is 0.206. The molecule has 1 amide bonds. The molecule has 6 heteroatoms. The molecule has 4 aromatic rings. The highest BCUT2D eigenvalue weighted by molar-refractivity contribution is 7.13. The molecule has 0 spiro atoms. The Kier molecular flexibility index (Phi) is 4.80. The number of anilines is 1. The van der Waals surface area contributed by atoms with Gasteiger partial charge in [-0.15, -0.1) is 11.3 Å². The van der Waals surface area contributed by atoms with Gasteiger partial charge in [0.05, 0.1) is 28.4 Å². The second-order valence-electron chi connectivity index (χ2n) is 6.15. The number of amides is 1. The van der Waals surface area contributed by atoms with Crippen molar-refractivity contribution in [2.45, 2.75) is 13.5 Å². The number of hydrogen-bond acceptors (Lipinski definition) is 4. The zero-order valence-corrected chi connectivity index (χ0v) is 15.6. The van der Waals surface area contributed by atoms with Crippen molar-refractivity contribution in [3.63, 3.8) is 0 Å². The summed E-state index contributed by atoms with van der Waals surface area (Å²) in [4.78, 5) is 18.3. The number of benzene rings is 1. The number of aromatic nitrogens is 3. The number of thiophene rings is 1. The lowest BCUT2D eigenvalue weighted by Gasteiger charge is -2.07. The largest absolute Gasteiger partial charge is 0.305 e. The predicted octanol–water partition coefficient (Wildman–Crippen LogP) is 4.62. The van der Waals surface area contributed by atoms with Crippen molar-refractivity contribution in [3.8, 4) is 10.6 Å². The Balaban J connectivity index is 1.46. The molecule has 27 heavy (non-hydrogen) atoms. The second kappa shape index (κ2) is 7.55. The van der Waals surface area contributed by atoms with Crippen LogP contribution >= 0.6 is 11.3 Å². The molecule has 0 aliphatic carbocycles. The Morgan fingerprint density at radius 3 is 2.67 bits per heavy atom. The molecule has 0 aliphatic heterocycles. The summed E-state index contributed by atoms with van der Waals surface area (Å²) in [5, 5.41) is 9.29. The highest BCUT2D eigenvalue weighted by Crippen LogP contribution is 2.24. The normalized spacial score (nSPS) is 10.7. The first-order valence-corrected chi connectivity index (χ1v) is 9.47. The van der Waals surface area contributed by atoms with Crippen LogP contribution in [-0.4, -0.2) is 20.7 Å². The van der Waals surface area contributed by atoms with Gasteiger partial charge in [-0.05, 0) is 36.1 Å². The number of carbonyl (C=O) groups excluding carboxylic acids is 1. The van der Waals surface area contributed by atoms with Crippen molar-refractivity contribution < 1.29 is 4.79 Å². The van der Waals surface area contributed by atoms with Gasteiger partial charge in [-0.3, -0.25) is 14.5 Å². The number of aryl methyl sites for hydroxylation is 1. The molecule has 0 bridgehead atoms. The molecule has 0 fully saturated rings. The van der Waals surface area contributed by atoms with Crippen LogP contribution in [0, 0.1) is 6.92 Å². The number of pyridine rings is 1. The molecule has 0 atom stereocenters. The van der Waals surface area contributed by atoms with Crippen LogP contribution in [0.4, 0.5) is 5.82 Å². The van der Waals surface area contributed by atoms with Gasteiger partial charge in [0.15, 0.2) is 5.82 Å². The van der Waals surface area contributed by atoms with E-state index in [0.717, 1.165) is 16.1 Å². The van der Waals surface area contributed by atoms with Crippen LogP contribution in [0.15, 0.2) is 72.2 Å². The molecule has 0 saturated carbocycles. The van der Waals surface area contributed by atoms with E-state index < -0.39 is 0 Å². The van der Waals surface area contributed by atoms with Gasteiger partial charge in [0.2, 0.25) is 0 Å². The van der Waals surface area contributed by atoms with E-state index in [1.165, 1.54) is 0 Å². The third kappa shape index (κ3) is 3.96. The average Bonchev–Trinajstić information content (AvgIpc) is 3.35. The monoisotopic (exact) mass is 374 g/mol. The van der Waals surface area contributed by atoms with Crippen molar-refractivity contribution in [2.75, 3.05) is 5.32 Å². The fourth-order valence-electron chi connectivity index (χ4n) is 2.83. The van der Waals surface area contributed by atoms with Gasteiger partial charge in [0, 0.05) is 12.3 Å². The van der Waals surface area contributed by atoms with Crippen LogP contribution in [0.2, 0.25) is 0 Å². The lowest BCUT2D eigenvalue weighted by Crippen LogP contribution is -2.15. The van der Waals surface area contributed by atoms with Gasteiger partial charge in [-0.1, -0.05) is 36.4 Å². The van der Waals surface area contributed by atoms with Gasteiger partial charge in [0.25, 0.3) is 5.91 Å². The molecule has 1 N–H and O–H groups in total. The first-order valence-electron chi connectivity index (χ1n) is 8.59. The maximum absolute atomic E-state index is 12.6. The van der Waals surface area contributed by atoms with Gasteiger partial charge in [0.1, 0.15) is 0 Å². The van der Waals surface area contributed by atoms with E-state index in [9.17, 15) is 4.79 Å². The standard InChI is InChI=1S/C21H18N4OS/c1-15-17(9-10-18(22-15)19-8-5-13-27-19)21(26)23-20-11-12-25(24-20)14-16-6-3-2-4-7-16/h2-13H,14H2,1H3,(H,23,24,26). The highest BCUT2D eigenvalue weighted by Gasteiger charge is 2.13. The van der Waals surface area contributed by atoms with E-state index in [2.05, 4.69) is 15.4 Å². The lowest BCUT2D eigenvalue weighted by molar-refractivity contribution is 0.102. The number of carbonyl (C=O) groups is 1. The highest BCUT2D eigenvalue weighted by atomic mass is 32.1. The first-order chi connectivity index (χ1) is 13.2. The Morgan fingerprint density at radius 2 is 1.93 bits per heavy atom. The van der Waals surface area contributed by atoms with Gasteiger partial charge in [-0.2, -0.15) is 5.10 Å². The molecular formula is C21H18N4OS. The van der Waals surface area contributed by atoms with E-state index in [4.69, 9.17) is 0 Å². The molecule has 1 aromatic carbocycles. The molecule has 0 aliphatic rings. The molecule has 4 rings (SSSR count). The smallest absolute Gasteiger partial charge is 0.258 e. The molecule has 0 radical (unpaired) electrons. The fourth-order valence-corrected chi connectivity index (χ4v) is 3.53. The van der Waals surface area contributed by atoms with E-state index in [1.54, 1.807) is 22.1 Å². The molecule has 3 heterocycles. The van der Waals surface area contributed by atoms with Crippen molar-refractivity contribution in [3.05, 3.63) is 89.1 Å². The van der Waals surface area contributed by atoms with Gasteiger partial charge >= 0.3 is 0 Å². The summed E-state index contributed by atoms with van der Waals surface area (Å²) in [6, 6.07) is 19.6. The van der Waals surface area contributed by atoms with Crippen LogP contribution in [-0.2, 0) is 6.54 Å².